The van der Waals surface area contributed by atoms with Gasteiger partial charge in [0, 0.05) is 37.6 Å². The number of nitrogens with zero attached hydrogens (tertiary/aromatic N) is 4. The lowest BCUT2D eigenvalue weighted by Gasteiger charge is -2.31. The molecule has 0 spiro atoms. The number of anilines is 1. The van der Waals surface area contributed by atoms with Crippen LogP contribution >= 0.6 is 11.3 Å². The van der Waals surface area contributed by atoms with E-state index in [1.165, 1.54) is 4.88 Å². The Morgan fingerprint density at radius 3 is 2.90 bits per heavy atom. The molecule has 3 heterocycles. The molecule has 1 aliphatic rings. The van der Waals surface area contributed by atoms with Crippen LogP contribution in [-0.2, 0) is 11.3 Å². The van der Waals surface area contributed by atoms with E-state index in [2.05, 4.69) is 38.9 Å². The van der Waals surface area contributed by atoms with E-state index in [4.69, 9.17) is 4.98 Å². The molecule has 1 N–H and O–H groups in total. The third-order valence-electron chi connectivity index (χ3n) is 5.70. The number of carbonyl (C=O) groups excluding carboxylic acids is 1. The monoisotopic (exact) mass is 423 g/mol. The van der Waals surface area contributed by atoms with Gasteiger partial charge in [0.2, 0.25) is 11.9 Å². The van der Waals surface area contributed by atoms with Gasteiger partial charge in [0.1, 0.15) is 0 Å². The molecule has 7 heteroatoms. The second-order valence-electron chi connectivity index (χ2n) is 7.72. The minimum atomic E-state index is -0.152. The fraction of sp³-hybridized carbons (Fsp3) is 0.391. The lowest BCUT2D eigenvalue weighted by molar-refractivity contribution is -0.136. The standard InChI is InChI=1S/C23H29N5OS/c1-3-11-28(17-19-8-6-16-30-19)22(29)18(2)26-12-7-13-27(15-14-26)23-24-20-9-4-5-10-21(20)25-23/h3-6,8-10,16,18H,1,7,11-15,17H2,2H3,(H,24,25). The molecular weight excluding hydrogens is 394 g/mol. The Morgan fingerprint density at radius 1 is 1.27 bits per heavy atom. The van der Waals surface area contributed by atoms with Gasteiger partial charge in [-0.25, -0.2) is 4.98 Å². The molecule has 2 aromatic heterocycles. The summed E-state index contributed by atoms with van der Waals surface area (Å²) in [6.45, 7) is 10.6. The number of aromatic nitrogens is 2. The van der Waals surface area contributed by atoms with E-state index in [9.17, 15) is 4.79 Å². The SMILES string of the molecule is C=CCN(Cc1cccs1)C(=O)C(C)N1CCCN(c2nc3ccccc3[nH]2)CC1. The first kappa shape index (κ1) is 20.6. The Hall–Kier alpha value is -2.64. The van der Waals surface area contributed by atoms with Crippen LogP contribution in [0.2, 0.25) is 0 Å². The van der Waals surface area contributed by atoms with Crippen molar-refractivity contribution < 1.29 is 4.79 Å². The predicted octanol–water partition coefficient (Wildman–Crippen LogP) is 3.74. The fourth-order valence-corrected chi connectivity index (χ4v) is 4.74. The molecule has 1 amide bonds. The average molecular weight is 424 g/mol. The third kappa shape index (κ3) is 4.57. The Balaban J connectivity index is 1.41. The predicted molar refractivity (Wildman–Crippen MR) is 124 cm³/mol. The fourth-order valence-electron chi connectivity index (χ4n) is 4.02. The van der Waals surface area contributed by atoms with Crippen molar-refractivity contribution in [3.8, 4) is 0 Å². The summed E-state index contributed by atoms with van der Waals surface area (Å²) in [5.74, 6) is 1.09. The Morgan fingerprint density at radius 2 is 2.13 bits per heavy atom. The van der Waals surface area contributed by atoms with E-state index in [0.717, 1.165) is 49.6 Å². The van der Waals surface area contributed by atoms with Crippen LogP contribution in [0, 0.1) is 0 Å². The summed E-state index contributed by atoms with van der Waals surface area (Å²) in [4.78, 5) is 29.1. The van der Waals surface area contributed by atoms with E-state index in [1.54, 1.807) is 11.3 Å². The van der Waals surface area contributed by atoms with Crippen molar-refractivity contribution in [1.82, 2.24) is 19.8 Å². The molecule has 6 nitrogen and oxygen atoms in total. The van der Waals surface area contributed by atoms with E-state index in [-0.39, 0.29) is 11.9 Å². The summed E-state index contributed by atoms with van der Waals surface area (Å²) >= 11 is 1.69. The van der Waals surface area contributed by atoms with E-state index in [1.807, 2.05) is 42.2 Å². The Kier molecular flexibility index (Phi) is 6.50. The highest BCUT2D eigenvalue weighted by atomic mass is 32.1. The molecule has 1 aromatic carbocycles. The summed E-state index contributed by atoms with van der Waals surface area (Å²) in [6.07, 6.45) is 2.81. The number of amides is 1. The molecule has 1 saturated heterocycles. The van der Waals surface area contributed by atoms with Gasteiger partial charge < -0.3 is 14.8 Å². The smallest absolute Gasteiger partial charge is 0.240 e. The zero-order valence-corrected chi connectivity index (χ0v) is 18.3. The van der Waals surface area contributed by atoms with Gasteiger partial charge in [-0.05, 0) is 36.9 Å². The molecule has 1 atom stereocenters. The number of carbonyl (C=O) groups is 1. The first-order valence-corrected chi connectivity index (χ1v) is 11.4. The van der Waals surface area contributed by atoms with Crippen molar-refractivity contribution in [2.75, 3.05) is 37.6 Å². The number of nitrogens with one attached hydrogen (secondary N) is 1. The normalized spacial score (nSPS) is 16.4. The van der Waals surface area contributed by atoms with Gasteiger partial charge in [-0.2, -0.15) is 0 Å². The summed E-state index contributed by atoms with van der Waals surface area (Å²) in [6, 6.07) is 12.1. The molecule has 1 fully saturated rings. The van der Waals surface area contributed by atoms with Crippen LogP contribution in [0.5, 0.6) is 0 Å². The largest absolute Gasteiger partial charge is 0.341 e. The highest BCUT2D eigenvalue weighted by Gasteiger charge is 2.28. The van der Waals surface area contributed by atoms with Crippen LogP contribution < -0.4 is 4.90 Å². The molecule has 3 aromatic rings. The second-order valence-corrected chi connectivity index (χ2v) is 8.75. The summed E-state index contributed by atoms with van der Waals surface area (Å²) in [5, 5.41) is 2.05. The quantitative estimate of drug-likeness (QED) is 0.588. The molecule has 0 saturated carbocycles. The number of H-pyrrole nitrogens is 1. The minimum absolute atomic E-state index is 0.152. The van der Waals surface area contributed by atoms with Crippen LogP contribution in [0.25, 0.3) is 11.0 Å². The number of hydrogen-bond donors (Lipinski definition) is 1. The lowest BCUT2D eigenvalue weighted by Crippen LogP contribution is -2.48. The van der Waals surface area contributed by atoms with Crippen molar-refractivity contribution in [2.24, 2.45) is 0 Å². The van der Waals surface area contributed by atoms with Gasteiger partial charge >= 0.3 is 0 Å². The van der Waals surface area contributed by atoms with Gasteiger partial charge in [0.15, 0.2) is 0 Å². The topological polar surface area (TPSA) is 55.5 Å². The first-order chi connectivity index (χ1) is 14.7. The summed E-state index contributed by atoms with van der Waals surface area (Å²) in [7, 11) is 0. The van der Waals surface area contributed by atoms with Crippen molar-refractivity contribution >= 4 is 34.2 Å². The van der Waals surface area contributed by atoms with Crippen molar-refractivity contribution in [3.63, 3.8) is 0 Å². The molecule has 1 aliphatic heterocycles. The maximum absolute atomic E-state index is 13.2. The maximum atomic E-state index is 13.2. The van der Waals surface area contributed by atoms with Crippen LogP contribution in [0.3, 0.4) is 0 Å². The van der Waals surface area contributed by atoms with Crippen molar-refractivity contribution in [1.29, 1.82) is 0 Å². The van der Waals surface area contributed by atoms with E-state index in [0.29, 0.717) is 13.1 Å². The summed E-state index contributed by atoms with van der Waals surface area (Å²) in [5.41, 5.74) is 2.05. The third-order valence-corrected chi connectivity index (χ3v) is 6.56. The van der Waals surface area contributed by atoms with Gasteiger partial charge in [0.25, 0.3) is 0 Å². The number of benzene rings is 1. The number of fused-ring (bicyclic) bond motifs is 1. The van der Waals surface area contributed by atoms with Crippen LogP contribution in [0.15, 0.2) is 54.4 Å². The van der Waals surface area contributed by atoms with Crippen LogP contribution in [-0.4, -0.2) is 64.4 Å². The number of thiophene rings is 1. The average Bonchev–Trinajstić information content (AvgIpc) is 3.36. The maximum Gasteiger partial charge on any atom is 0.240 e. The highest BCUT2D eigenvalue weighted by molar-refractivity contribution is 7.09. The molecule has 30 heavy (non-hydrogen) atoms. The molecule has 0 radical (unpaired) electrons. The van der Waals surface area contributed by atoms with Crippen molar-refractivity contribution in [2.45, 2.75) is 25.9 Å². The van der Waals surface area contributed by atoms with Crippen LogP contribution in [0.1, 0.15) is 18.2 Å². The Labute approximate surface area is 181 Å². The van der Waals surface area contributed by atoms with Gasteiger partial charge in [-0.3, -0.25) is 9.69 Å². The van der Waals surface area contributed by atoms with Crippen molar-refractivity contribution in [3.05, 3.63) is 59.3 Å². The number of imidazole rings is 1. The number of hydrogen-bond acceptors (Lipinski definition) is 5. The molecule has 0 aliphatic carbocycles. The Bertz CT molecular complexity index is 950. The van der Waals surface area contributed by atoms with Gasteiger partial charge in [0.05, 0.1) is 23.6 Å². The molecule has 1 unspecified atom stereocenters. The van der Waals surface area contributed by atoms with E-state index < -0.39 is 0 Å². The second kappa shape index (κ2) is 9.45. The minimum Gasteiger partial charge on any atom is -0.341 e. The highest BCUT2D eigenvalue weighted by Crippen LogP contribution is 2.20. The number of para-hydroxylation sites is 2. The molecule has 158 valence electrons. The number of aromatic amines is 1. The molecule has 4 rings (SSSR count). The first-order valence-electron chi connectivity index (χ1n) is 10.5. The van der Waals surface area contributed by atoms with Crippen LogP contribution in [0.4, 0.5) is 5.95 Å². The zero-order chi connectivity index (χ0) is 20.9. The summed E-state index contributed by atoms with van der Waals surface area (Å²) < 4.78 is 0. The van der Waals surface area contributed by atoms with Gasteiger partial charge in [-0.1, -0.05) is 24.3 Å². The molecular formula is C23H29N5OS. The number of rotatable bonds is 7. The lowest BCUT2D eigenvalue weighted by atomic mass is 10.2. The molecule has 0 bridgehead atoms. The van der Waals surface area contributed by atoms with E-state index >= 15 is 0 Å². The zero-order valence-electron chi connectivity index (χ0n) is 17.5. The van der Waals surface area contributed by atoms with Gasteiger partial charge in [-0.15, -0.1) is 17.9 Å².